The zero-order valence-corrected chi connectivity index (χ0v) is 17.0. The predicted molar refractivity (Wildman–Crippen MR) is 97.4 cm³/mol. The summed E-state index contributed by atoms with van der Waals surface area (Å²) in [5, 5.41) is 0. The summed E-state index contributed by atoms with van der Waals surface area (Å²) in [4.78, 5) is 51.1. The lowest BCUT2D eigenvalue weighted by Crippen LogP contribution is -2.51. The molecule has 0 radical (unpaired) electrons. The maximum absolute atomic E-state index is 12.6. The molecule has 0 N–H and O–H groups in total. The van der Waals surface area contributed by atoms with Gasteiger partial charge in [-0.1, -0.05) is 0 Å². The Labute approximate surface area is 158 Å². The van der Waals surface area contributed by atoms with E-state index in [2.05, 4.69) is 10.9 Å². The minimum absolute atomic E-state index is 0.00447. The van der Waals surface area contributed by atoms with Crippen LogP contribution in [0.5, 0.6) is 0 Å². The first-order chi connectivity index (χ1) is 11.8. The molecule has 0 bridgehead atoms. The number of carbonyl (C=O) groups excluding carboxylic acids is 4. The number of alkyl halides is 1. The van der Waals surface area contributed by atoms with Gasteiger partial charge in [-0.2, -0.15) is 0 Å². The molecule has 0 aromatic carbocycles. The van der Waals surface area contributed by atoms with E-state index in [4.69, 9.17) is 21.1 Å². The number of rotatable bonds is 8. The normalized spacial score (nSPS) is 12.5. The Balaban J connectivity index is 6.78. The average Bonchev–Trinajstić information content (AvgIpc) is 2.49. The van der Waals surface area contributed by atoms with Crippen molar-refractivity contribution in [1.29, 1.82) is 0 Å². The number of halogens is 1. The van der Waals surface area contributed by atoms with Crippen molar-refractivity contribution in [2.45, 2.75) is 58.9 Å². The number of Topliss-reactive ketones (excluding diaryl/α,β-unsaturated/α-hetero) is 2. The van der Waals surface area contributed by atoms with Crippen LogP contribution in [0.4, 0.5) is 0 Å². The van der Waals surface area contributed by atoms with Gasteiger partial charge in [0.15, 0.2) is 16.4 Å². The van der Waals surface area contributed by atoms with Crippen molar-refractivity contribution in [3.63, 3.8) is 0 Å². The van der Waals surface area contributed by atoms with Gasteiger partial charge in [-0.05, 0) is 54.3 Å². The number of hydrogen-bond donors (Lipinski definition) is 0. The zero-order valence-electron chi connectivity index (χ0n) is 16.3. The number of ketones is 2. The molecule has 0 fully saturated rings. The number of nitrogens with zero attached hydrogens (tertiary/aromatic N) is 1. The van der Waals surface area contributed by atoms with Crippen molar-refractivity contribution in [3.8, 4) is 0 Å². The van der Waals surface area contributed by atoms with Gasteiger partial charge in [-0.25, -0.2) is 9.79 Å². The molecule has 146 valence electrons. The Kier molecular flexibility index (Phi) is 8.91. The second-order valence-corrected chi connectivity index (χ2v) is 7.13. The van der Waals surface area contributed by atoms with Gasteiger partial charge >= 0.3 is 11.9 Å². The molecule has 0 saturated heterocycles. The molecule has 1 unspecified atom stereocenters. The fourth-order valence-corrected chi connectivity index (χ4v) is 2.22. The van der Waals surface area contributed by atoms with Gasteiger partial charge in [-0.3, -0.25) is 14.4 Å². The summed E-state index contributed by atoms with van der Waals surface area (Å²) in [7, 11) is 0. The summed E-state index contributed by atoms with van der Waals surface area (Å²) >= 11 is 6.28. The summed E-state index contributed by atoms with van der Waals surface area (Å²) in [6.45, 7) is 10.4. The molecular formula is C18H26ClNO6. The topological polar surface area (TPSA) is 99.1 Å². The Bertz CT molecular complexity index is 627. The lowest BCUT2D eigenvalue weighted by Gasteiger charge is -2.29. The largest absolute Gasteiger partial charge is 0.465 e. The minimum atomic E-state index is -2.32. The third-order valence-corrected chi connectivity index (χ3v) is 3.99. The summed E-state index contributed by atoms with van der Waals surface area (Å²) < 4.78 is 9.90. The molecule has 0 aliphatic carbocycles. The molecule has 0 aromatic heterocycles. The molecule has 0 amide bonds. The van der Waals surface area contributed by atoms with Crippen molar-refractivity contribution in [2.24, 2.45) is 10.9 Å². The van der Waals surface area contributed by atoms with Crippen LogP contribution in [0.25, 0.3) is 0 Å². The van der Waals surface area contributed by atoms with Gasteiger partial charge in [0.25, 0.3) is 0 Å². The second-order valence-electron chi connectivity index (χ2n) is 6.54. The fourth-order valence-electron chi connectivity index (χ4n) is 2.02. The maximum atomic E-state index is 12.6. The lowest BCUT2D eigenvalue weighted by molar-refractivity contribution is -0.154. The standard InChI is InChI=1S/C18H26ClNO6/c1-8-25-15(23)13(10-20-17(5,6)7)14(16(24)26-9-2)18(19,11(3)21)12(4)22/h14H,8-9H2,1-7H3. The van der Waals surface area contributed by atoms with Gasteiger partial charge in [0, 0.05) is 0 Å². The molecular weight excluding hydrogens is 362 g/mol. The minimum Gasteiger partial charge on any atom is -0.465 e. The van der Waals surface area contributed by atoms with Crippen molar-refractivity contribution in [1.82, 2.24) is 0 Å². The maximum Gasteiger partial charge on any atom is 0.344 e. The van der Waals surface area contributed by atoms with Gasteiger partial charge in [-0.15, -0.1) is 11.6 Å². The Morgan fingerprint density at radius 1 is 1.00 bits per heavy atom. The summed E-state index contributed by atoms with van der Waals surface area (Å²) in [6, 6.07) is 0. The highest BCUT2D eigenvalue weighted by molar-refractivity contribution is 6.48. The van der Waals surface area contributed by atoms with E-state index in [0.29, 0.717) is 0 Å². The second kappa shape index (κ2) is 9.64. The first-order valence-corrected chi connectivity index (χ1v) is 8.60. The third-order valence-electron chi connectivity index (χ3n) is 3.24. The van der Waals surface area contributed by atoms with Crippen LogP contribution in [0.3, 0.4) is 0 Å². The zero-order chi connectivity index (χ0) is 20.7. The van der Waals surface area contributed by atoms with E-state index in [1.165, 1.54) is 0 Å². The summed E-state index contributed by atoms with van der Waals surface area (Å²) in [5.74, 6) is -2.82. The molecule has 26 heavy (non-hydrogen) atoms. The Morgan fingerprint density at radius 3 is 1.81 bits per heavy atom. The highest BCUT2D eigenvalue weighted by Gasteiger charge is 2.54. The van der Waals surface area contributed by atoms with Crippen molar-refractivity contribution in [2.75, 3.05) is 13.2 Å². The quantitative estimate of drug-likeness (QED) is 0.208. The average molecular weight is 388 g/mol. The molecule has 0 heterocycles. The summed E-state index contributed by atoms with van der Waals surface area (Å²) in [6.07, 6.45) is 0. The van der Waals surface area contributed by atoms with Gasteiger partial charge < -0.3 is 9.47 Å². The molecule has 0 saturated carbocycles. The van der Waals surface area contributed by atoms with E-state index < -0.39 is 45.4 Å². The van der Waals surface area contributed by atoms with Crippen LogP contribution < -0.4 is 0 Å². The van der Waals surface area contributed by atoms with Crippen LogP contribution >= 0.6 is 11.6 Å². The molecule has 8 heteroatoms. The van der Waals surface area contributed by atoms with E-state index in [1.807, 2.05) is 0 Å². The molecule has 0 aliphatic rings. The number of hydrogen-bond acceptors (Lipinski definition) is 7. The SMILES string of the molecule is CCOC(=O)C(=C=NC(C)(C)C)C(C(=O)OCC)C(Cl)(C(C)=O)C(C)=O. The highest BCUT2D eigenvalue weighted by atomic mass is 35.5. The van der Waals surface area contributed by atoms with Crippen molar-refractivity contribution < 1.29 is 28.7 Å². The van der Waals surface area contributed by atoms with Crippen LogP contribution in [0.2, 0.25) is 0 Å². The van der Waals surface area contributed by atoms with Gasteiger partial charge in [0.05, 0.1) is 18.8 Å². The number of carbonyl (C=O) groups is 4. The smallest absolute Gasteiger partial charge is 0.344 e. The van der Waals surface area contributed by atoms with E-state index >= 15 is 0 Å². The van der Waals surface area contributed by atoms with Crippen LogP contribution in [0.1, 0.15) is 48.5 Å². The van der Waals surface area contributed by atoms with Crippen LogP contribution in [-0.4, -0.2) is 53.0 Å². The molecule has 0 aliphatic heterocycles. The van der Waals surface area contributed by atoms with E-state index in [-0.39, 0.29) is 13.2 Å². The first-order valence-electron chi connectivity index (χ1n) is 8.22. The molecule has 0 spiro atoms. The first kappa shape index (κ1) is 24.0. The van der Waals surface area contributed by atoms with Crippen molar-refractivity contribution >= 4 is 41.0 Å². The predicted octanol–water partition coefficient (Wildman–Crippen LogP) is 2.28. The third kappa shape index (κ3) is 6.07. The molecule has 0 rings (SSSR count). The Hall–Kier alpha value is -1.98. The van der Waals surface area contributed by atoms with Crippen molar-refractivity contribution in [3.05, 3.63) is 5.57 Å². The Morgan fingerprint density at radius 2 is 1.46 bits per heavy atom. The summed E-state index contributed by atoms with van der Waals surface area (Å²) in [5.41, 5.74) is -1.07. The van der Waals surface area contributed by atoms with Gasteiger partial charge in [0.2, 0.25) is 0 Å². The van der Waals surface area contributed by atoms with E-state index in [9.17, 15) is 19.2 Å². The molecule has 0 aromatic rings. The number of esters is 2. The molecule has 1 atom stereocenters. The fraction of sp³-hybridized carbons (Fsp3) is 0.667. The van der Waals surface area contributed by atoms with Crippen LogP contribution in [0.15, 0.2) is 10.6 Å². The molecule has 7 nitrogen and oxygen atoms in total. The number of aliphatic imine (C=N–C) groups is 1. The van der Waals surface area contributed by atoms with Gasteiger partial charge in [0.1, 0.15) is 11.5 Å². The lowest BCUT2D eigenvalue weighted by atomic mass is 9.80. The van der Waals surface area contributed by atoms with E-state index in [0.717, 1.165) is 13.8 Å². The van der Waals surface area contributed by atoms with Crippen LogP contribution in [-0.2, 0) is 28.7 Å². The monoisotopic (exact) mass is 387 g/mol. The van der Waals surface area contributed by atoms with E-state index in [1.54, 1.807) is 34.6 Å². The number of ether oxygens (including phenoxy) is 2. The van der Waals surface area contributed by atoms with Crippen LogP contribution in [0, 0.1) is 5.92 Å². The highest BCUT2D eigenvalue weighted by Crippen LogP contribution is 2.34.